The van der Waals surface area contributed by atoms with Crippen molar-refractivity contribution in [3.05, 3.63) is 48.0 Å². The molecule has 0 unspecified atom stereocenters. The number of carbonyl (C=O) groups is 1. The van der Waals surface area contributed by atoms with Crippen molar-refractivity contribution in [3.8, 4) is 0 Å². The molecule has 0 fully saturated rings. The molecular formula is C15H20O3. The van der Waals surface area contributed by atoms with Crippen molar-refractivity contribution in [3.63, 3.8) is 0 Å². The van der Waals surface area contributed by atoms with Gasteiger partial charge < -0.3 is 9.84 Å². The van der Waals surface area contributed by atoms with Crippen molar-refractivity contribution >= 4 is 5.97 Å². The van der Waals surface area contributed by atoms with Crippen molar-refractivity contribution in [1.82, 2.24) is 0 Å². The van der Waals surface area contributed by atoms with Crippen LogP contribution in [0.25, 0.3) is 0 Å². The van der Waals surface area contributed by atoms with Gasteiger partial charge in [-0.2, -0.15) is 0 Å². The van der Waals surface area contributed by atoms with E-state index >= 15 is 0 Å². The molecule has 0 saturated heterocycles. The molecule has 1 rings (SSSR count). The Morgan fingerprint density at radius 1 is 1.39 bits per heavy atom. The highest BCUT2D eigenvalue weighted by molar-refractivity contribution is 5.72. The predicted octanol–water partition coefficient (Wildman–Crippen LogP) is 2.49. The van der Waals surface area contributed by atoms with E-state index in [1.54, 1.807) is 0 Å². The van der Waals surface area contributed by atoms with Gasteiger partial charge in [0.15, 0.2) is 0 Å². The summed E-state index contributed by atoms with van der Waals surface area (Å²) in [6.45, 7) is 3.78. The third kappa shape index (κ3) is 5.64. The fourth-order valence-electron chi connectivity index (χ4n) is 1.76. The first-order valence-corrected chi connectivity index (χ1v) is 6.07. The largest absolute Gasteiger partial charge is 0.469 e. The van der Waals surface area contributed by atoms with Crippen molar-refractivity contribution in [1.29, 1.82) is 0 Å². The van der Waals surface area contributed by atoms with E-state index in [1.807, 2.05) is 30.3 Å². The number of ether oxygens (including phenoxy) is 1. The van der Waals surface area contributed by atoms with Crippen LogP contribution >= 0.6 is 0 Å². The van der Waals surface area contributed by atoms with E-state index in [-0.39, 0.29) is 12.4 Å². The van der Waals surface area contributed by atoms with Gasteiger partial charge in [-0.1, -0.05) is 42.5 Å². The lowest BCUT2D eigenvalue weighted by Gasteiger charge is -2.12. The van der Waals surface area contributed by atoms with Crippen LogP contribution in [-0.2, 0) is 16.0 Å². The van der Waals surface area contributed by atoms with Crippen LogP contribution in [0.5, 0.6) is 0 Å². The molecule has 1 atom stereocenters. The van der Waals surface area contributed by atoms with Crippen LogP contribution in [0.2, 0.25) is 0 Å². The molecule has 0 aliphatic heterocycles. The fraction of sp³-hybridized carbons (Fsp3) is 0.400. The van der Waals surface area contributed by atoms with E-state index < -0.39 is 6.10 Å². The summed E-state index contributed by atoms with van der Waals surface area (Å²) in [6.07, 6.45) is 1.67. The van der Waals surface area contributed by atoms with Crippen molar-refractivity contribution in [2.45, 2.75) is 31.8 Å². The zero-order valence-corrected chi connectivity index (χ0v) is 10.8. The lowest BCUT2D eigenvalue weighted by Crippen LogP contribution is -2.11. The number of methoxy groups -OCH3 is 1. The Morgan fingerprint density at radius 3 is 2.67 bits per heavy atom. The summed E-state index contributed by atoms with van der Waals surface area (Å²) in [4.78, 5) is 11.0. The SMILES string of the molecule is C=C(CC(=O)OC)C[C@@H](O)CCc1ccccc1. The molecule has 1 aromatic carbocycles. The summed E-state index contributed by atoms with van der Waals surface area (Å²) in [5, 5.41) is 9.85. The van der Waals surface area contributed by atoms with Crippen LogP contribution < -0.4 is 0 Å². The number of aryl methyl sites for hydroxylation is 1. The molecule has 0 spiro atoms. The highest BCUT2D eigenvalue weighted by Gasteiger charge is 2.10. The molecule has 0 bridgehead atoms. The first-order valence-electron chi connectivity index (χ1n) is 6.07. The van der Waals surface area contributed by atoms with E-state index in [9.17, 15) is 9.90 Å². The Labute approximate surface area is 108 Å². The van der Waals surface area contributed by atoms with Gasteiger partial charge in [0.25, 0.3) is 0 Å². The molecule has 3 heteroatoms. The Morgan fingerprint density at radius 2 is 2.06 bits per heavy atom. The van der Waals surface area contributed by atoms with Gasteiger partial charge in [0.2, 0.25) is 0 Å². The zero-order chi connectivity index (χ0) is 13.4. The molecular weight excluding hydrogens is 228 g/mol. The summed E-state index contributed by atoms with van der Waals surface area (Å²) in [5.74, 6) is -0.310. The number of esters is 1. The third-order valence-corrected chi connectivity index (χ3v) is 2.76. The quantitative estimate of drug-likeness (QED) is 0.595. The van der Waals surface area contributed by atoms with Gasteiger partial charge in [0.1, 0.15) is 0 Å². The Bertz CT molecular complexity index is 384. The van der Waals surface area contributed by atoms with E-state index in [1.165, 1.54) is 12.7 Å². The molecule has 0 amide bonds. The van der Waals surface area contributed by atoms with Gasteiger partial charge in [0, 0.05) is 0 Å². The number of carbonyl (C=O) groups excluding carboxylic acids is 1. The molecule has 0 radical (unpaired) electrons. The van der Waals surface area contributed by atoms with Crippen LogP contribution in [0.15, 0.2) is 42.5 Å². The van der Waals surface area contributed by atoms with Gasteiger partial charge in [-0.05, 0) is 24.8 Å². The molecule has 3 nitrogen and oxygen atoms in total. The summed E-state index contributed by atoms with van der Waals surface area (Å²) in [7, 11) is 1.35. The first kappa shape index (κ1) is 14.5. The predicted molar refractivity (Wildman–Crippen MR) is 71.2 cm³/mol. The number of hydrogen-bond acceptors (Lipinski definition) is 3. The van der Waals surface area contributed by atoms with Crippen molar-refractivity contribution < 1.29 is 14.6 Å². The highest BCUT2D eigenvalue weighted by atomic mass is 16.5. The van der Waals surface area contributed by atoms with Crippen molar-refractivity contribution in [2.75, 3.05) is 7.11 Å². The molecule has 0 aliphatic rings. The van der Waals surface area contributed by atoms with Gasteiger partial charge in [-0.15, -0.1) is 0 Å². The average Bonchev–Trinajstić information content (AvgIpc) is 2.37. The molecule has 0 aliphatic carbocycles. The van der Waals surface area contributed by atoms with Gasteiger partial charge in [-0.3, -0.25) is 4.79 Å². The Hall–Kier alpha value is -1.61. The van der Waals surface area contributed by atoms with Gasteiger partial charge >= 0.3 is 5.97 Å². The second kappa shape index (κ2) is 7.67. The average molecular weight is 248 g/mol. The van der Waals surface area contributed by atoms with E-state index in [2.05, 4.69) is 11.3 Å². The van der Waals surface area contributed by atoms with Gasteiger partial charge in [-0.25, -0.2) is 0 Å². The van der Waals surface area contributed by atoms with Crippen LogP contribution in [0.1, 0.15) is 24.8 Å². The normalized spacial score (nSPS) is 11.9. The smallest absolute Gasteiger partial charge is 0.309 e. The number of hydrogen-bond donors (Lipinski definition) is 1. The molecule has 98 valence electrons. The van der Waals surface area contributed by atoms with E-state index in [4.69, 9.17) is 0 Å². The summed E-state index contributed by atoms with van der Waals surface area (Å²) < 4.78 is 4.55. The minimum Gasteiger partial charge on any atom is -0.469 e. The van der Waals surface area contributed by atoms with Crippen LogP contribution in [0.4, 0.5) is 0 Å². The summed E-state index contributed by atoms with van der Waals surface area (Å²) >= 11 is 0. The van der Waals surface area contributed by atoms with Crippen LogP contribution in [0, 0.1) is 0 Å². The first-order chi connectivity index (χ1) is 8.61. The minimum absolute atomic E-state index is 0.179. The van der Waals surface area contributed by atoms with Crippen LogP contribution in [-0.4, -0.2) is 24.3 Å². The summed E-state index contributed by atoms with van der Waals surface area (Å²) in [6, 6.07) is 10.0. The number of benzene rings is 1. The van der Waals surface area contributed by atoms with Crippen LogP contribution in [0.3, 0.4) is 0 Å². The maximum Gasteiger partial charge on any atom is 0.309 e. The van der Waals surface area contributed by atoms with Gasteiger partial charge in [0.05, 0.1) is 19.6 Å². The molecule has 1 N–H and O–H groups in total. The topological polar surface area (TPSA) is 46.5 Å². The fourth-order valence-corrected chi connectivity index (χ4v) is 1.76. The molecule has 18 heavy (non-hydrogen) atoms. The van der Waals surface area contributed by atoms with Crippen molar-refractivity contribution in [2.24, 2.45) is 0 Å². The standard InChI is InChI=1S/C15H20O3/c1-12(11-15(17)18-2)10-14(16)9-8-13-6-4-3-5-7-13/h3-7,14,16H,1,8-11H2,2H3/t14-/m0/s1. The lowest BCUT2D eigenvalue weighted by molar-refractivity contribution is -0.139. The maximum absolute atomic E-state index is 11.0. The Kier molecular flexibility index (Phi) is 6.15. The lowest BCUT2D eigenvalue weighted by atomic mass is 10.0. The van der Waals surface area contributed by atoms with E-state index in [0.717, 1.165) is 6.42 Å². The zero-order valence-electron chi connectivity index (χ0n) is 10.8. The third-order valence-electron chi connectivity index (χ3n) is 2.76. The highest BCUT2D eigenvalue weighted by Crippen LogP contribution is 2.13. The maximum atomic E-state index is 11.0. The second-order valence-corrected chi connectivity index (χ2v) is 4.39. The monoisotopic (exact) mass is 248 g/mol. The van der Waals surface area contributed by atoms with E-state index in [0.29, 0.717) is 18.4 Å². The number of aliphatic hydroxyl groups excluding tert-OH is 1. The summed E-state index contributed by atoms with van der Waals surface area (Å²) in [5.41, 5.74) is 1.91. The Balaban J connectivity index is 2.27. The number of rotatable bonds is 7. The molecule has 0 aromatic heterocycles. The molecule has 0 saturated carbocycles. The second-order valence-electron chi connectivity index (χ2n) is 4.39. The minimum atomic E-state index is -0.456. The molecule has 0 heterocycles. The number of aliphatic hydroxyl groups is 1. The molecule has 1 aromatic rings.